The van der Waals surface area contributed by atoms with Gasteiger partial charge in [-0.05, 0) is 36.5 Å². The summed E-state index contributed by atoms with van der Waals surface area (Å²) in [5.41, 5.74) is 1.75. The Balaban J connectivity index is 2.07. The fourth-order valence-electron chi connectivity index (χ4n) is 3.27. The molecule has 0 aromatic heterocycles. The minimum absolute atomic E-state index is 0.0139. The molecule has 0 unspecified atom stereocenters. The van der Waals surface area contributed by atoms with Crippen molar-refractivity contribution in [3.8, 4) is 5.75 Å². The first-order valence-electron chi connectivity index (χ1n) is 9.72. The summed E-state index contributed by atoms with van der Waals surface area (Å²) in [5.74, 6) is 1.20. The average molecular weight is 360 g/mol. The van der Waals surface area contributed by atoms with Gasteiger partial charge in [0.25, 0.3) is 5.91 Å². The number of unbranched alkanes of at least 4 members (excludes halogenated alkanes) is 1. The zero-order valence-corrected chi connectivity index (χ0v) is 16.6. The third-order valence-corrected chi connectivity index (χ3v) is 5.00. The van der Waals surface area contributed by atoms with Crippen molar-refractivity contribution < 1.29 is 14.3 Å². The molecule has 1 saturated heterocycles. The first-order valence-corrected chi connectivity index (χ1v) is 9.72. The van der Waals surface area contributed by atoms with Gasteiger partial charge in [-0.25, -0.2) is 0 Å². The lowest BCUT2D eigenvalue weighted by Crippen LogP contribution is -2.37. The van der Waals surface area contributed by atoms with Gasteiger partial charge in [-0.15, -0.1) is 0 Å². The topological polar surface area (TPSA) is 49.9 Å². The number of rotatable bonds is 6. The molecule has 0 atom stereocenters. The first kappa shape index (κ1) is 20.3. The molecular weight excluding hydrogens is 328 g/mol. The van der Waals surface area contributed by atoms with Gasteiger partial charge in [0.05, 0.1) is 12.7 Å². The molecule has 0 saturated carbocycles. The van der Waals surface area contributed by atoms with Crippen molar-refractivity contribution in [2.75, 3.05) is 33.3 Å². The van der Waals surface area contributed by atoms with Crippen LogP contribution in [-0.4, -0.2) is 54.9 Å². The van der Waals surface area contributed by atoms with Crippen LogP contribution in [0.15, 0.2) is 18.2 Å². The van der Waals surface area contributed by atoms with Crippen molar-refractivity contribution in [2.24, 2.45) is 0 Å². The van der Waals surface area contributed by atoms with Crippen LogP contribution in [0.5, 0.6) is 5.75 Å². The normalized spacial score (nSPS) is 15.1. The van der Waals surface area contributed by atoms with Crippen LogP contribution >= 0.6 is 0 Å². The highest BCUT2D eigenvalue weighted by Crippen LogP contribution is 2.26. The zero-order chi connectivity index (χ0) is 19.1. The fourth-order valence-corrected chi connectivity index (χ4v) is 3.27. The van der Waals surface area contributed by atoms with Crippen molar-refractivity contribution >= 4 is 11.8 Å². The van der Waals surface area contributed by atoms with Gasteiger partial charge in [-0.3, -0.25) is 9.59 Å². The van der Waals surface area contributed by atoms with Crippen LogP contribution in [0.2, 0.25) is 0 Å². The van der Waals surface area contributed by atoms with Gasteiger partial charge in [0.15, 0.2) is 0 Å². The van der Waals surface area contributed by atoms with Gasteiger partial charge >= 0.3 is 0 Å². The molecule has 0 spiro atoms. The summed E-state index contributed by atoms with van der Waals surface area (Å²) in [7, 11) is 1.60. The van der Waals surface area contributed by atoms with Crippen LogP contribution in [0.1, 0.15) is 68.3 Å². The fraction of sp³-hybridized carbons (Fsp3) is 0.619. The lowest BCUT2D eigenvalue weighted by atomic mass is 10.0. The van der Waals surface area contributed by atoms with Crippen LogP contribution in [-0.2, 0) is 4.79 Å². The van der Waals surface area contributed by atoms with Gasteiger partial charge in [0.2, 0.25) is 5.91 Å². The van der Waals surface area contributed by atoms with Crippen molar-refractivity contribution in [3.63, 3.8) is 0 Å². The van der Waals surface area contributed by atoms with E-state index >= 15 is 0 Å². The summed E-state index contributed by atoms with van der Waals surface area (Å²) in [6, 6.07) is 5.82. The van der Waals surface area contributed by atoms with Gasteiger partial charge < -0.3 is 14.5 Å². The Morgan fingerprint density at radius 2 is 1.81 bits per heavy atom. The van der Waals surface area contributed by atoms with E-state index in [0.29, 0.717) is 43.3 Å². The third-order valence-electron chi connectivity index (χ3n) is 5.00. The third kappa shape index (κ3) is 4.99. The molecule has 26 heavy (non-hydrogen) atoms. The van der Waals surface area contributed by atoms with E-state index in [1.807, 2.05) is 28.0 Å². The zero-order valence-electron chi connectivity index (χ0n) is 16.6. The maximum atomic E-state index is 13.0. The maximum Gasteiger partial charge on any atom is 0.257 e. The van der Waals surface area contributed by atoms with Crippen LogP contribution in [0.25, 0.3) is 0 Å². The number of ether oxygens (including phenoxy) is 1. The Kier molecular flexibility index (Phi) is 7.49. The Morgan fingerprint density at radius 3 is 2.46 bits per heavy atom. The second-order valence-corrected chi connectivity index (χ2v) is 7.24. The summed E-state index contributed by atoms with van der Waals surface area (Å²) < 4.78 is 5.47. The number of hydrogen-bond acceptors (Lipinski definition) is 3. The van der Waals surface area contributed by atoms with E-state index in [1.165, 1.54) is 0 Å². The molecule has 0 aliphatic carbocycles. The quantitative estimate of drug-likeness (QED) is 0.777. The molecule has 1 aromatic rings. The number of hydrogen-bond donors (Lipinski definition) is 0. The molecule has 1 fully saturated rings. The molecule has 1 aliphatic rings. The van der Waals surface area contributed by atoms with Crippen LogP contribution in [0.3, 0.4) is 0 Å². The molecule has 5 nitrogen and oxygen atoms in total. The summed E-state index contributed by atoms with van der Waals surface area (Å²) in [6.45, 7) is 8.92. The van der Waals surface area contributed by atoms with Gasteiger partial charge in [0.1, 0.15) is 5.75 Å². The molecule has 0 bridgehead atoms. The molecular formula is C21H32N2O3. The van der Waals surface area contributed by atoms with E-state index in [0.717, 1.165) is 31.4 Å². The molecule has 1 aliphatic heterocycles. The highest BCUT2D eigenvalue weighted by molar-refractivity contribution is 5.97. The predicted molar refractivity (Wildman–Crippen MR) is 104 cm³/mol. The lowest BCUT2D eigenvalue weighted by molar-refractivity contribution is -0.131. The number of amides is 2. The lowest BCUT2D eigenvalue weighted by Gasteiger charge is -2.23. The van der Waals surface area contributed by atoms with Gasteiger partial charge in [0, 0.05) is 32.6 Å². The molecule has 2 rings (SSSR count). The monoisotopic (exact) mass is 360 g/mol. The molecule has 144 valence electrons. The molecule has 0 N–H and O–H groups in total. The Bertz CT molecular complexity index is 628. The predicted octanol–water partition coefficient (Wildman–Crippen LogP) is 3.68. The second-order valence-electron chi connectivity index (χ2n) is 7.24. The highest BCUT2D eigenvalue weighted by atomic mass is 16.5. The summed E-state index contributed by atoms with van der Waals surface area (Å²) in [4.78, 5) is 29.0. The molecule has 0 radical (unpaired) electrons. The highest BCUT2D eigenvalue weighted by Gasteiger charge is 2.24. The maximum absolute atomic E-state index is 13.0. The first-order chi connectivity index (χ1) is 12.5. The molecule has 2 amide bonds. The number of nitrogens with zero attached hydrogens (tertiary/aromatic N) is 2. The number of carbonyl (C=O) groups excluding carboxylic acids is 2. The van der Waals surface area contributed by atoms with Crippen molar-refractivity contribution in [3.05, 3.63) is 29.3 Å². The summed E-state index contributed by atoms with van der Waals surface area (Å²) >= 11 is 0. The Hall–Kier alpha value is -2.04. The van der Waals surface area contributed by atoms with Gasteiger partial charge in [-0.1, -0.05) is 33.3 Å². The summed E-state index contributed by atoms with van der Waals surface area (Å²) in [5, 5.41) is 0. The standard InChI is InChI=1S/C21H32N2O3/c1-5-6-8-20(24)22-11-7-12-23(14-13-22)21(25)18-10-9-17(16(2)3)15-19(18)26-4/h9-10,15-16H,5-8,11-14H2,1-4H3. The molecule has 1 heterocycles. The smallest absolute Gasteiger partial charge is 0.257 e. The average Bonchev–Trinajstić information content (AvgIpc) is 2.91. The number of carbonyl (C=O) groups is 2. The van der Waals surface area contributed by atoms with Crippen LogP contribution in [0.4, 0.5) is 0 Å². The van der Waals surface area contributed by atoms with E-state index in [2.05, 4.69) is 20.8 Å². The Labute approximate surface area is 157 Å². The van der Waals surface area contributed by atoms with E-state index in [1.54, 1.807) is 7.11 Å². The van der Waals surface area contributed by atoms with E-state index in [-0.39, 0.29) is 11.8 Å². The van der Waals surface area contributed by atoms with E-state index in [9.17, 15) is 9.59 Å². The SMILES string of the molecule is CCCCC(=O)N1CCCN(C(=O)c2ccc(C(C)C)cc2OC)CC1. The van der Waals surface area contributed by atoms with Gasteiger partial charge in [-0.2, -0.15) is 0 Å². The number of benzene rings is 1. The largest absolute Gasteiger partial charge is 0.496 e. The van der Waals surface area contributed by atoms with Crippen molar-refractivity contribution in [2.45, 2.75) is 52.4 Å². The van der Waals surface area contributed by atoms with Crippen molar-refractivity contribution in [1.82, 2.24) is 9.80 Å². The van der Waals surface area contributed by atoms with Crippen molar-refractivity contribution in [1.29, 1.82) is 0 Å². The molecule has 5 heteroatoms. The summed E-state index contributed by atoms with van der Waals surface area (Å²) in [6.07, 6.45) is 3.37. The minimum Gasteiger partial charge on any atom is -0.496 e. The van der Waals surface area contributed by atoms with E-state index < -0.39 is 0 Å². The Morgan fingerprint density at radius 1 is 1.12 bits per heavy atom. The van der Waals surface area contributed by atoms with Crippen LogP contribution in [0, 0.1) is 0 Å². The number of methoxy groups -OCH3 is 1. The van der Waals surface area contributed by atoms with E-state index in [4.69, 9.17) is 4.74 Å². The molecule has 1 aromatic carbocycles. The van der Waals surface area contributed by atoms with Crippen LogP contribution < -0.4 is 4.74 Å². The minimum atomic E-state index is -0.0139. The second kappa shape index (κ2) is 9.60.